The molecule has 112 valence electrons. The number of benzene rings is 1. The molecule has 0 fully saturated rings. The van der Waals surface area contributed by atoms with Crippen molar-refractivity contribution in [1.82, 2.24) is 9.97 Å². The molecule has 2 rings (SSSR count). The van der Waals surface area contributed by atoms with Gasteiger partial charge in [-0.3, -0.25) is 0 Å². The average molecular weight is 416 g/mol. The molecule has 0 radical (unpaired) electrons. The van der Waals surface area contributed by atoms with Crippen LogP contribution in [0.3, 0.4) is 0 Å². The molecule has 0 atom stereocenters. The second-order valence-electron chi connectivity index (χ2n) is 5.85. The van der Waals surface area contributed by atoms with Crippen molar-refractivity contribution in [2.75, 3.05) is 11.9 Å². The molecule has 1 aromatic carbocycles. The van der Waals surface area contributed by atoms with Crippen LogP contribution in [0.25, 0.3) is 11.4 Å². The lowest BCUT2D eigenvalue weighted by Gasteiger charge is -2.22. The molecular formula is C16H19ClIN3. The molecule has 2 aromatic rings. The van der Waals surface area contributed by atoms with Crippen LogP contribution in [0.2, 0.25) is 5.02 Å². The molecule has 0 spiro atoms. The molecule has 0 aliphatic carbocycles. The van der Waals surface area contributed by atoms with E-state index < -0.39 is 0 Å². The van der Waals surface area contributed by atoms with Crippen LogP contribution in [0.1, 0.15) is 33.4 Å². The van der Waals surface area contributed by atoms with Gasteiger partial charge in [-0.25, -0.2) is 9.97 Å². The van der Waals surface area contributed by atoms with Crippen LogP contribution < -0.4 is 5.32 Å². The summed E-state index contributed by atoms with van der Waals surface area (Å²) in [5.74, 6) is 1.62. The van der Waals surface area contributed by atoms with Crippen molar-refractivity contribution in [1.29, 1.82) is 0 Å². The van der Waals surface area contributed by atoms with Gasteiger partial charge in [0.1, 0.15) is 5.82 Å². The van der Waals surface area contributed by atoms with Gasteiger partial charge in [-0.1, -0.05) is 32.4 Å². The zero-order chi connectivity index (χ0) is 15.6. The Bertz CT molecular complexity index is 633. The van der Waals surface area contributed by atoms with Crippen LogP contribution in [0, 0.1) is 3.57 Å². The molecular weight excluding hydrogens is 397 g/mol. The molecule has 21 heavy (non-hydrogen) atoms. The zero-order valence-electron chi connectivity index (χ0n) is 12.7. The van der Waals surface area contributed by atoms with E-state index in [1.165, 1.54) is 0 Å². The lowest BCUT2D eigenvalue weighted by Crippen LogP contribution is -2.19. The maximum absolute atomic E-state index is 5.95. The van der Waals surface area contributed by atoms with Gasteiger partial charge in [0.15, 0.2) is 5.82 Å². The van der Waals surface area contributed by atoms with E-state index >= 15 is 0 Å². The first-order chi connectivity index (χ1) is 9.82. The maximum Gasteiger partial charge on any atom is 0.161 e. The van der Waals surface area contributed by atoms with Gasteiger partial charge in [0.2, 0.25) is 0 Å². The van der Waals surface area contributed by atoms with E-state index in [0.717, 1.165) is 33.0 Å². The van der Waals surface area contributed by atoms with Gasteiger partial charge in [0.05, 0.1) is 9.26 Å². The minimum absolute atomic E-state index is 0.0369. The topological polar surface area (TPSA) is 37.8 Å². The van der Waals surface area contributed by atoms with Crippen molar-refractivity contribution in [2.45, 2.75) is 33.1 Å². The molecule has 0 amide bonds. The van der Waals surface area contributed by atoms with Gasteiger partial charge < -0.3 is 5.32 Å². The first-order valence-electron chi connectivity index (χ1n) is 6.90. The summed E-state index contributed by atoms with van der Waals surface area (Å²) >= 11 is 8.28. The monoisotopic (exact) mass is 415 g/mol. The van der Waals surface area contributed by atoms with Gasteiger partial charge in [-0.2, -0.15) is 0 Å². The van der Waals surface area contributed by atoms with Crippen LogP contribution in [0.5, 0.6) is 0 Å². The lowest BCUT2D eigenvalue weighted by molar-refractivity contribution is 0.564. The minimum atomic E-state index is -0.0369. The molecule has 1 aromatic heterocycles. The van der Waals surface area contributed by atoms with Gasteiger partial charge in [-0.05, 0) is 53.8 Å². The Hall–Kier alpha value is -0.880. The molecule has 0 saturated heterocycles. The van der Waals surface area contributed by atoms with Crippen molar-refractivity contribution in [2.24, 2.45) is 0 Å². The average Bonchev–Trinajstić information content (AvgIpc) is 2.41. The summed E-state index contributed by atoms with van der Waals surface area (Å²) in [4.78, 5) is 9.45. The van der Waals surface area contributed by atoms with Crippen LogP contribution >= 0.6 is 34.2 Å². The highest BCUT2D eigenvalue weighted by Crippen LogP contribution is 2.31. The smallest absolute Gasteiger partial charge is 0.161 e. The number of halogens is 2. The number of hydrogen-bond donors (Lipinski definition) is 1. The fourth-order valence-electron chi connectivity index (χ4n) is 1.96. The van der Waals surface area contributed by atoms with Crippen molar-refractivity contribution >= 4 is 40.0 Å². The van der Waals surface area contributed by atoms with E-state index in [1.54, 1.807) is 0 Å². The number of nitrogens with zero attached hydrogens (tertiary/aromatic N) is 2. The van der Waals surface area contributed by atoms with Gasteiger partial charge in [0, 0.05) is 22.5 Å². The molecule has 1 heterocycles. The number of rotatable bonds is 3. The molecule has 0 aliphatic rings. The molecule has 0 aliphatic heterocycles. The molecule has 3 nitrogen and oxygen atoms in total. The largest absolute Gasteiger partial charge is 0.369 e. The summed E-state index contributed by atoms with van der Waals surface area (Å²) in [6.07, 6.45) is 0. The van der Waals surface area contributed by atoms with E-state index in [-0.39, 0.29) is 5.41 Å². The molecule has 0 saturated carbocycles. The Kier molecular flexibility index (Phi) is 5.09. The fourth-order valence-corrected chi connectivity index (χ4v) is 3.32. The number of aromatic nitrogens is 2. The maximum atomic E-state index is 5.95. The Balaban J connectivity index is 2.61. The van der Waals surface area contributed by atoms with E-state index in [1.807, 2.05) is 24.3 Å². The van der Waals surface area contributed by atoms with Gasteiger partial charge >= 0.3 is 0 Å². The normalized spacial score (nSPS) is 11.5. The summed E-state index contributed by atoms with van der Waals surface area (Å²) < 4.78 is 1.08. The van der Waals surface area contributed by atoms with Gasteiger partial charge in [-0.15, -0.1) is 0 Å². The van der Waals surface area contributed by atoms with Crippen LogP contribution in [-0.2, 0) is 5.41 Å². The standard InChI is InChI=1S/C16H19ClIN3/c1-5-19-15-12(18)13(16(2,3)4)20-14(21-15)10-6-8-11(17)9-7-10/h6-9H,5H2,1-4H3,(H,19,20,21). The third kappa shape index (κ3) is 3.86. The van der Waals surface area contributed by atoms with Crippen molar-refractivity contribution in [3.63, 3.8) is 0 Å². The first kappa shape index (κ1) is 16.5. The van der Waals surface area contributed by atoms with Crippen LogP contribution in [0.4, 0.5) is 5.82 Å². The molecule has 0 bridgehead atoms. The Morgan fingerprint density at radius 1 is 1.14 bits per heavy atom. The predicted molar refractivity (Wildman–Crippen MR) is 98.1 cm³/mol. The minimum Gasteiger partial charge on any atom is -0.369 e. The Morgan fingerprint density at radius 3 is 2.29 bits per heavy atom. The fraction of sp³-hybridized carbons (Fsp3) is 0.375. The summed E-state index contributed by atoms with van der Waals surface area (Å²) in [6, 6.07) is 7.63. The second kappa shape index (κ2) is 6.48. The first-order valence-corrected chi connectivity index (χ1v) is 8.36. The summed E-state index contributed by atoms with van der Waals surface area (Å²) in [7, 11) is 0. The van der Waals surface area contributed by atoms with Crippen molar-refractivity contribution in [3.05, 3.63) is 38.6 Å². The summed E-state index contributed by atoms with van der Waals surface area (Å²) in [6.45, 7) is 9.39. The van der Waals surface area contributed by atoms with Crippen molar-refractivity contribution in [3.8, 4) is 11.4 Å². The predicted octanol–water partition coefficient (Wildman–Crippen LogP) is 5.13. The molecule has 1 N–H and O–H groups in total. The summed E-state index contributed by atoms with van der Waals surface area (Å²) in [5.41, 5.74) is 1.99. The van der Waals surface area contributed by atoms with E-state index in [2.05, 4.69) is 60.6 Å². The van der Waals surface area contributed by atoms with E-state index in [4.69, 9.17) is 16.6 Å². The summed E-state index contributed by atoms with van der Waals surface area (Å²) in [5, 5.41) is 4.04. The number of nitrogens with one attached hydrogen (secondary N) is 1. The third-order valence-corrected chi connectivity index (χ3v) is 4.28. The number of anilines is 1. The van der Waals surface area contributed by atoms with Crippen LogP contribution in [0.15, 0.2) is 24.3 Å². The third-order valence-electron chi connectivity index (χ3n) is 3.01. The molecule has 0 unspecified atom stereocenters. The zero-order valence-corrected chi connectivity index (χ0v) is 15.6. The molecule has 5 heteroatoms. The quantitative estimate of drug-likeness (QED) is 0.706. The Labute approximate surface area is 144 Å². The lowest BCUT2D eigenvalue weighted by atomic mass is 9.91. The van der Waals surface area contributed by atoms with Crippen LogP contribution in [-0.4, -0.2) is 16.5 Å². The van der Waals surface area contributed by atoms with Gasteiger partial charge in [0.25, 0.3) is 0 Å². The number of hydrogen-bond acceptors (Lipinski definition) is 3. The second-order valence-corrected chi connectivity index (χ2v) is 7.36. The Morgan fingerprint density at radius 2 is 1.76 bits per heavy atom. The van der Waals surface area contributed by atoms with Crippen molar-refractivity contribution < 1.29 is 0 Å². The highest BCUT2D eigenvalue weighted by molar-refractivity contribution is 14.1. The SMILES string of the molecule is CCNc1nc(-c2ccc(Cl)cc2)nc(C(C)(C)C)c1I. The van der Waals surface area contributed by atoms with E-state index in [0.29, 0.717) is 5.02 Å². The highest BCUT2D eigenvalue weighted by atomic mass is 127. The van der Waals surface area contributed by atoms with E-state index in [9.17, 15) is 0 Å². The highest BCUT2D eigenvalue weighted by Gasteiger charge is 2.23.